The van der Waals surface area contributed by atoms with Crippen LogP contribution in [-0.2, 0) is 16.1 Å². The lowest BCUT2D eigenvalue weighted by atomic mass is 10.1. The van der Waals surface area contributed by atoms with E-state index in [-0.39, 0.29) is 11.8 Å². The number of anilines is 1. The molecular weight excluding hydrogens is 348 g/mol. The van der Waals surface area contributed by atoms with Crippen molar-refractivity contribution in [3.8, 4) is 11.1 Å². The van der Waals surface area contributed by atoms with Crippen molar-refractivity contribution in [2.75, 3.05) is 11.9 Å². The average Bonchev–Trinajstić information content (AvgIpc) is 3.43. The molecule has 26 heavy (non-hydrogen) atoms. The predicted octanol–water partition coefficient (Wildman–Crippen LogP) is 4.03. The molecule has 0 atom stereocenters. The van der Waals surface area contributed by atoms with E-state index < -0.39 is 0 Å². The maximum Gasteiger partial charge on any atom is 0.229 e. The summed E-state index contributed by atoms with van der Waals surface area (Å²) in [6.45, 7) is 3.22. The number of rotatable bonds is 7. The molecule has 0 saturated heterocycles. The molecule has 2 aromatic heterocycles. The summed E-state index contributed by atoms with van der Waals surface area (Å²) in [6, 6.07) is 6.03. The second-order valence-electron chi connectivity index (χ2n) is 6.41. The van der Waals surface area contributed by atoms with Gasteiger partial charge in [0.15, 0.2) is 11.0 Å². The molecular formula is C19H20N4O2S. The standard InChI is InChI=1S/C19H20N4O2S/c1-2-7-25-11-17-20-9-14(10-21-17)13-5-6-15-16(8-13)26-19(22-15)23-18(24)12-3-4-12/h5-6,8-10,12H,2-4,7,11H2,1H3,(H,22,23,24). The van der Waals surface area contributed by atoms with Crippen molar-refractivity contribution < 1.29 is 9.53 Å². The Labute approximate surface area is 155 Å². The van der Waals surface area contributed by atoms with E-state index in [0.717, 1.165) is 40.6 Å². The Balaban J connectivity index is 1.50. The highest BCUT2D eigenvalue weighted by Gasteiger charge is 2.30. The minimum Gasteiger partial charge on any atom is -0.373 e. The van der Waals surface area contributed by atoms with Crippen LogP contribution in [0.15, 0.2) is 30.6 Å². The Kier molecular flexibility index (Phi) is 4.90. The van der Waals surface area contributed by atoms with Gasteiger partial charge in [-0.05, 0) is 37.0 Å². The van der Waals surface area contributed by atoms with E-state index in [2.05, 4.69) is 33.3 Å². The molecule has 0 radical (unpaired) electrons. The zero-order valence-corrected chi connectivity index (χ0v) is 15.4. The molecule has 0 spiro atoms. The fraction of sp³-hybridized carbons (Fsp3) is 0.368. The molecule has 3 aromatic rings. The summed E-state index contributed by atoms with van der Waals surface area (Å²) in [5, 5.41) is 3.58. The van der Waals surface area contributed by atoms with Gasteiger partial charge in [-0.3, -0.25) is 4.79 Å². The molecule has 1 aromatic carbocycles. The average molecular weight is 368 g/mol. The summed E-state index contributed by atoms with van der Waals surface area (Å²) in [7, 11) is 0. The number of nitrogens with one attached hydrogen (secondary N) is 1. The highest BCUT2D eigenvalue weighted by Crippen LogP contribution is 2.33. The number of hydrogen-bond acceptors (Lipinski definition) is 6. The fourth-order valence-electron chi connectivity index (χ4n) is 2.60. The maximum atomic E-state index is 11.9. The summed E-state index contributed by atoms with van der Waals surface area (Å²) < 4.78 is 6.49. The van der Waals surface area contributed by atoms with Crippen molar-refractivity contribution in [1.29, 1.82) is 0 Å². The van der Waals surface area contributed by atoms with Crippen LogP contribution in [-0.4, -0.2) is 27.5 Å². The summed E-state index contributed by atoms with van der Waals surface area (Å²) in [6.07, 6.45) is 6.59. The van der Waals surface area contributed by atoms with E-state index in [0.29, 0.717) is 24.2 Å². The Morgan fingerprint density at radius 2 is 2.08 bits per heavy atom. The first kappa shape index (κ1) is 17.1. The number of aromatic nitrogens is 3. The van der Waals surface area contributed by atoms with E-state index in [4.69, 9.17) is 4.74 Å². The van der Waals surface area contributed by atoms with Crippen molar-refractivity contribution in [2.45, 2.75) is 32.8 Å². The first-order valence-corrected chi connectivity index (χ1v) is 9.65. The van der Waals surface area contributed by atoms with E-state index in [1.54, 1.807) is 0 Å². The van der Waals surface area contributed by atoms with Gasteiger partial charge in [-0.25, -0.2) is 15.0 Å². The van der Waals surface area contributed by atoms with Crippen molar-refractivity contribution in [3.63, 3.8) is 0 Å². The van der Waals surface area contributed by atoms with Crippen molar-refractivity contribution in [1.82, 2.24) is 15.0 Å². The Bertz CT molecular complexity index is 919. The highest BCUT2D eigenvalue weighted by molar-refractivity contribution is 7.22. The molecule has 6 nitrogen and oxygen atoms in total. The predicted molar refractivity (Wildman–Crippen MR) is 102 cm³/mol. The Hall–Kier alpha value is -2.38. The van der Waals surface area contributed by atoms with Crippen molar-refractivity contribution >= 4 is 32.6 Å². The molecule has 1 fully saturated rings. The van der Waals surface area contributed by atoms with Crippen LogP contribution >= 0.6 is 11.3 Å². The first-order chi connectivity index (χ1) is 12.7. The van der Waals surface area contributed by atoms with Crippen LogP contribution in [0.4, 0.5) is 5.13 Å². The molecule has 0 aliphatic heterocycles. The van der Waals surface area contributed by atoms with Crippen molar-refractivity contribution in [3.05, 3.63) is 36.4 Å². The lowest BCUT2D eigenvalue weighted by molar-refractivity contribution is -0.117. The number of benzene rings is 1. The fourth-order valence-corrected chi connectivity index (χ4v) is 3.50. The zero-order valence-electron chi connectivity index (χ0n) is 14.6. The molecule has 1 saturated carbocycles. The Morgan fingerprint density at radius 1 is 1.27 bits per heavy atom. The number of thiazole rings is 1. The number of ether oxygens (including phenoxy) is 1. The number of carbonyl (C=O) groups is 1. The summed E-state index contributed by atoms with van der Waals surface area (Å²) >= 11 is 1.49. The largest absolute Gasteiger partial charge is 0.373 e. The van der Waals surface area contributed by atoms with Crippen LogP contribution in [0, 0.1) is 5.92 Å². The quantitative estimate of drug-likeness (QED) is 0.637. The second kappa shape index (κ2) is 7.47. The zero-order chi connectivity index (χ0) is 17.9. The maximum absolute atomic E-state index is 11.9. The second-order valence-corrected chi connectivity index (χ2v) is 7.44. The highest BCUT2D eigenvalue weighted by atomic mass is 32.1. The topological polar surface area (TPSA) is 77.0 Å². The number of carbonyl (C=O) groups excluding carboxylic acids is 1. The number of fused-ring (bicyclic) bond motifs is 1. The van der Waals surface area contributed by atoms with Crippen LogP contribution < -0.4 is 5.32 Å². The monoisotopic (exact) mass is 368 g/mol. The first-order valence-electron chi connectivity index (χ1n) is 8.83. The lowest BCUT2D eigenvalue weighted by Gasteiger charge is -2.04. The summed E-state index contributed by atoms with van der Waals surface area (Å²) in [5.74, 6) is 0.944. The van der Waals surface area contributed by atoms with Crippen LogP contribution in [0.25, 0.3) is 21.3 Å². The van der Waals surface area contributed by atoms with E-state index in [1.807, 2.05) is 24.5 Å². The smallest absolute Gasteiger partial charge is 0.229 e. The van der Waals surface area contributed by atoms with Gasteiger partial charge in [-0.1, -0.05) is 24.3 Å². The van der Waals surface area contributed by atoms with Gasteiger partial charge < -0.3 is 10.1 Å². The van der Waals surface area contributed by atoms with Gasteiger partial charge in [0.2, 0.25) is 5.91 Å². The van der Waals surface area contributed by atoms with Gasteiger partial charge in [0, 0.05) is 30.5 Å². The molecule has 1 aliphatic rings. The van der Waals surface area contributed by atoms with Gasteiger partial charge in [0.25, 0.3) is 0 Å². The molecule has 1 aliphatic carbocycles. The van der Waals surface area contributed by atoms with E-state index >= 15 is 0 Å². The van der Waals surface area contributed by atoms with E-state index in [9.17, 15) is 4.79 Å². The molecule has 134 valence electrons. The molecule has 7 heteroatoms. The van der Waals surface area contributed by atoms with Crippen LogP contribution in [0.3, 0.4) is 0 Å². The van der Waals surface area contributed by atoms with Gasteiger partial charge in [-0.15, -0.1) is 0 Å². The van der Waals surface area contributed by atoms with Gasteiger partial charge in [-0.2, -0.15) is 0 Å². The normalized spacial score (nSPS) is 13.9. The van der Waals surface area contributed by atoms with Crippen LogP contribution in [0.1, 0.15) is 32.0 Å². The lowest BCUT2D eigenvalue weighted by Crippen LogP contribution is -2.12. The SMILES string of the molecule is CCCOCc1ncc(-c2ccc3nc(NC(=O)C4CC4)sc3c2)cn1. The number of hydrogen-bond donors (Lipinski definition) is 1. The third-order valence-corrected chi connectivity index (χ3v) is 5.12. The minimum absolute atomic E-state index is 0.0820. The van der Waals surface area contributed by atoms with Gasteiger partial charge in [0.05, 0.1) is 10.2 Å². The van der Waals surface area contributed by atoms with Crippen molar-refractivity contribution in [2.24, 2.45) is 5.92 Å². The molecule has 2 heterocycles. The van der Waals surface area contributed by atoms with Gasteiger partial charge >= 0.3 is 0 Å². The minimum atomic E-state index is 0.0820. The van der Waals surface area contributed by atoms with Crippen LogP contribution in [0.5, 0.6) is 0 Å². The van der Waals surface area contributed by atoms with Gasteiger partial charge in [0.1, 0.15) is 6.61 Å². The third-order valence-electron chi connectivity index (χ3n) is 4.18. The molecule has 1 amide bonds. The number of amides is 1. The number of nitrogens with zero attached hydrogens (tertiary/aromatic N) is 3. The summed E-state index contributed by atoms with van der Waals surface area (Å²) in [5.41, 5.74) is 2.86. The van der Waals surface area contributed by atoms with Crippen LogP contribution in [0.2, 0.25) is 0 Å². The summed E-state index contributed by atoms with van der Waals surface area (Å²) in [4.78, 5) is 25.1. The Morgan fingerprint density at radius 3 is 2.81 bits per heavy atom. The molecule has 0 unspecified atom stereocenters. The van der Waals surface area contributed by atoms with E-state index in [1.165, 1.54) is 11.3 Å². The molecule has 0 bridgehead atoms. The molecule has 4 rings (SSSR count). The third kappa shape index (κ3) is 3.89. The molecule has 1 N–H and O–H groups in total.